The van der Waals surface area contributed by atoms with E-state index >= 15 is 0 Å². The Bertz CT molecular complexity index is 809. The molecule has 0 radical (unpaired) electrons. The van der Waals surface area contributed by atoms with Crippen molar-refractivity contribution in [2.24, 2.45) is 17.3 Å². The Balaban J connectivity index is 1.59. The van der Waals surface area contributed by atoms with Crippen molar-refractivity contribution in [3.05, 3.63) is 54.1 Å². The molecule has 0 aliphatic heterocycles. The number of rotatable bonds is 3. The zero-order valence-corrected chi connectivity index (χ0v) is 18.9. The van der Waals surface area contributed by atoms with Crippen molar-refractivity contribution in [3.8, 4) is 16.9 Å². The van der Waals surface area contributed by atoms with Crippen LogP contribution in [0.25, 0.3) is 11.1 Å². The minimum absolute atomic E-state index is 0.0400. The average Bonchev–Trinajstić information content (AvgIpc) is 2.67. The summed E-state index contributed by atoms with van der Waals surface area (Å²) in [6.07, 6.45) is 4.12. The van der Waals surface area contributed by atoms with E-state index in [0.29, 0.717) is 17.1 Å². The van der Waals surface area contributed by atoms with E-state index in [2.05, 4.69) is 65.8 Å². The summed E-state index contributed by atoms with van der Waals surface area (Å²) in [5.41, 5.74) is 4.12. The van der Waals surface area contributed by atoms with Crippen molar-refractivity contribution in [1.29, 1.82) is 0 Å². The molecule has 29 heavy (non-hydrogen) atoms. The summed E-state index contributed by atoms with van der Waals surface area (Å²) in [5.74, 6) is 1.32. The van der Waals surface area contributed by atoms with Gasteiger partial charge in [-0.1, -0.05) is 77.9 Å². The van der Waals surface area contributed by atoms with Gasteiger partial charge >= 0.3 is 5.97 Å². The van der Waals surface area contributed by atoms with Crippen molar-refractivity contribution in [2.75, 3.05) is 0 Å². The third kappa shape index (κ3) is 5.50. The van der Waals surface area contributed by atoms with Crippen LogP contribution in [-0.2, 0) is 10.2 Å². The first-order chi connectivity index (χ1) is 13.5. The molecule has 1 aliphatic carbocycles. The molecule has 0 unspecified atom stereocenters. The third-order valence-corrected chi connectivity index (χ3v) is 6.44. The van der Waals surface area contributed by atoms with Crippen molar-refractivity contribution < 1.29 is 9.53 Å². The molecular formula is C27H36O2. The predicted molar refractivity (Wildman–Crippen MR) is 121 cm³/mol. The van der Waals surface area contributed by atoms with Crippen LogP contribution in [0.3, 0.4) is 0 Å². The fourth-order valence-electron chi connectivity index (χ4n) is 4.27. The molecule has 2 aromatic carbocycles. The van der Waals surface area contributed by atoms with Gasteiger partial charge < -0.3 is 4.74 Å². The second-order valence-electron chi connectivity index (χ2n) is 10.7. The fraction of sp³-hybridized carbons (Fsp3) is 0.519. The van der Waals surface area contributed by atoms with Crippen LogP contribution in [-0.4, -0.2) is 5.97 Å². The largest absolute Gasteiger partial charge is 0.426 e. The highest BCUT2D eigenvalue weighted by Gasteiger charge is 2.33. The molecule has 0 aromatic heterocycles. The first kappa shape index (κ1) is 21.6. The fourth-order valence-corrected chi connectivity index (χ4v) is 4.27. The van der Waals surface area contributed by atoms with E-state index in [1.54, 1.807) is 0 Å². The van der Waals surface area contributed by atoms with Crippen LogP contribution in [0.15, 0.2) is 48.5 Å². The van der Waals surface area contributed by atoms with Gasteiger partial charge in [0.2, 0.25) is 0 Å². The lowest BCUT2D eigenvalue weighted by molar-refractivity contribution is -0.140. The second kappa shape index (κ2) is 8.34. The number of benzene rings is 2. The topological polar surface area (TPSA) is 26.3 Å². The molecule has 0 saturated heterocycles. The summed E-state index contributed by atoms with van der Waals surface area (Å²) in [4.78, 5) is 12.6. The number of ether oxygens (including phenoxy) is 1. The number of esters is 1. The van der Waals surface area contributed by atoms with Crippen molar-refractivity contribution in [2.45, 2.75) is 72.6 Å². The van der Waals surface area contributed by atoms with Crippen LogP contribution >= 0.6 is 0 Å². The molecule has 0 atom stereocenters. The van der Waals surface area contributed by atoms with Gasteiger partial charge in [-0.15, -0.1) is 0 Å². The van der Waals surface area contributed by atoms with E-state index in [1.165, 1.54) is 11.1 Å². The smallest absolute Gasteiger partial charge is 0.314 e. The first-order valence-corrected chi connectivity index (χ1v) is 11.0. The molecule has 156 valence electrons. The second-order valence-corrected chi connectivity index (χ2v) is 10.7. The summed E-state index contributed by atoms with van der Waals surface area (Å²) in [6, 6.07) is 16.6. The van der Waals surface area contributed by atoms with E-state index in [1.807, 2.05) is 24.3 Å². The number of hydrogen-bond donors (Lipinski definition) is 0. The molecule has 2 nitrogen and oxygen atoms in total. The van der Waals surface area contributed by atoms with Crippen LogP contribution in [0.2, 0.25) is 0 Å². The van der Waals surface area contributed by atoms with E-state index in [-0.39, 0.29) is 17.3 Å². The van der Waals surface area contributed by atoms with Crippen LogP contribution in [0.4, 0.5) is 0 Å². The molecule has 1 fully saturated rings. The lowest BCUT2D eigenvalue weighted by Gasteiger charge is -2.36. The maximum Gasteiger partial charge on any atom is 0.314 e. The van der Waals surface area contributed by atoms with Crippen molar-refractivity contribution in [1.82, 2.24) is 0 Å². The number of carbonyl (C=O) groups is 1. The summed E-state index contributed by atoms with van der Waals surface area (Å²) in [5, 5.41) is 0. The standard InChI is InChI=1S/C27H36O2/c1-26(2,3)22-13-7-19(8-14-22)20-11-17-24(18-12-20)29-25(28)21-9-15-23(16-10-21)27(4,5)6/h7-8,11-14,17-18,21,23H,9-10,15-16H2,1-6H3. The van der Waals surface area contributed by atoms with Gasteiger partial charge in [0.25, 0.3) is 0 Å². The highest BCUT2D eigenvalue weighted by Crippen LogP contribution is 2.40. The first-order valence-electron chi connectivity index (χ1n) is 11.0. The summed E-state index contributed by atoms with van der Waals surface area (Å²) >= 11 is 0. The number of carbonyl (C=O) groups excluding carboxylic acids is 1. The highest BCUT2D eigenvalue weighted by atomic mass is 16.5. The van der Waals surface area contributed by atoms with E-state index in [0.717, 1.165) is 31.2 Å². The van der Waals surface area contributed by atoms with Gasteiger partial charge in [0.1, 0.15) is 5.75 Å². The lowest BCUT2D eigenvalue weighted by atomic mass is 9.70. The maximum absolute atomic E-state index is 12.6. The molecule has 1 saturated carbocycles. The van der Waals surface area contributed by atoms with Gasteiger partial charge in [-0.05, 0) is 71.3 Å². The molecule has 0 spiro atoms. The normalized spacial score (nSPS) is 20.3. The predicted octanol–water partition coefficient (Wildman–Crippen LogP) is 7.41. The molecule has 0 heterocycles. The van der Waals surface area contributed by atoms with Gasteiger partial charge in [-0.3, -0.25) is 4.79 Å². The molecule has 2 aromatic rings. The molecular weight excluding hydrogens is 356 g/mol. The Labute approximate surface area is 176 Å². The Morgan fingerprint density at radius 3 is 1.69 bits per heavy atom. The zero-order chi connectivity index (χ0) is 21.2. The highest BCUT2D eigenvalue weighted by molar-refractivity contribution is 5.75. The minimum Gasteiger partial charge on any atom is -0.426 e. The van der Waals surface area contributed by atoms with E-state index < -0.39 is 0 Å². The van der Waals surface area contributed by atoms with Gasteiger partial charge in [0.15, 0.2) is 0 Å². The maximum atomic E-state index is 12.6. The minimum atomic E-state index is -0.0698. The Hall–Kier alpha value is -2.09. The molecule has 0 bridgehead atoms. The SMILES string of the molecule is CC(C)(C)c1ccc(-c2ccc(OC(=O)C3CCC(C(C)(C)C)CC3)cc2)cc1. The molecule has 0 N–H and O–H groups in total. The van der Waals surface area contributed by atoms with Crippen LogP contribution < -0.4 is 4.74 Å². The van der Waals surface area contributed by atoms with E-state index in [9.17, 15) is 4.79 Å². The molecule has 0 amide bonds. The van der Waals surface area contributed by atoms with Gasteiger partial charge in [-0.25, -0.2) is 0 Å². The van der Waals surface area contributed by atoms with Crippen LogP contribution in [0, 0.1) is 17.3 Å². The average molecular weight is 393 g/mol. The lowest BCUT2D eigenvalue weighted by Crippen LogP contribution is -2.30. The summed E-state index contributed by atoms with van der Waals surface area (Å²) in [7, 11) is 0. The monoisotopic (exact) mass is 392 g/mol. The van der Waals surface area contributed by atoms with Crippen LogP contribution in [0.5, 0.6) is 5.75 Å². The number of hydrogen-bond acceptors (Lipinski definition) is 2. The van der Waals surface area contributed by atoms with Gasteiger partial charge in [-0.2, -0.15) is 0 Å². The summed E-state index contributed by atoms with van der Waals surface area (Å²) in [6.45, 7) is 13.6. The Morgan fingerprint density at radius 2 is 1.24 bits per heavy atom. The van der Waals surface area contributed by atoms with Crippen molar-refractivity contribution in [3.63, 3.8) is 0 Å². The van der Waals surface area contributed by atoms with Gasteiger partial charge in [0, 0.05) is 0 Å². The Kier molecular flexibility index (Phi) is 6.22. The quantitative estimate of drug-likeness (QED) is 0.401. The molecule has 3 rings (SSSR count). The zero-order valence-electron chi connectivity index (χ0n) is 18.9. The molecule has 1 aliphatic rings. The third-order valence-electron chi connectivity index (χ3n) is 6.44. The molecule has 2 heteroatoms. The summed E-state index contributed by atoms with van der Waals surface area (Å²) < 4.78 is 5.69. The van der Waals surface area contributed by atoms with Gasteiger partial charge in [0.05, 0.1) is 5.92 Å². The van der Waals surface area contributed by atoms with E-state index in [4.69, 9.17) is 4.74 Å². The Morgan fingerprint density at radius 1 is 0.759 bits per heavy atom. The van der Waals surface area contributed by atoms with Crippen LogP contribution in [0.1, 0.15) is 72.8 Å². The van der Waals surface area contributed by atoms with Crippen molar-refractivity contribution >= 4 is 5.97 Å².